The zero-order chi connectivity index (χ0) is 19.2. The molecule has 1 aliphatic heterocycles. The van der Waals surface area contributed by atoms with Crippen molar-refractivity contribution in [2.24, 2.45) is 0 Å². The maximum absolute atomic E-state index is 12.2. The van der Waals surface area contributed by atoms with E-state index in [1.54, 1.807) is 6.92 Å². The topological polar surface area (TPSA) is 67.4 Å². The number of amides is 2. The number of carbonyl (C=O) groups is 2. The molecule has 2 N–H and O–H groups in total. The van der Waals surface area contributed by atoms with Gasteiger partial charge in [0, 0.05) is 25.3 Å². The van der Waals surface area contributed by atoms with Crippen LogP contribution in [0.15, 0.2) is 48.5 Å². The maximum atomic E-state index is 12.2. The first-order valence-electron chi connectivity index (χ1n) is 9.33. The van der Waals surface area contributed by atoms with E-state index in [1.807, 2.05) is 55.5 Å². The minimum Gasteiger partial charge on any atom is -0.373 e. The van der Waals surface area contributed by atoms with Crippen molar-refractivity contribution >= 4 is 17.5 Å². The second-order valence-electron chi connectivity index (χ2n) is 7.11. The van der Waals surface area contributed by atoms with Crippen LogP contribution >= 0.6 is 0 Å². The summed E-state index contributed by atoms with van der Waals surface area (Å²) < 4.78 is 5.85. The van der Waals surface area contributed by atoms with Gasteiger partial charge in [0.25, 0.3) is 0 Å². The zero-order valence-electron chi connectivity index (χ0n) is 15.8. The molecule has 1 saturated heterocycles. The number of anilines is 1. The largest absolute Gasteiger partial charge is 0.373 e. The van der Waals surface area contributed by atoms with E-state index >= 15 is 0 Å². The highest BCUT2D eigenvalue weighted by molar-refractivity contribution is 5.92. The molecule has 1 aliphatic rings. The Kier molecular flexibility index (Phi) is 6.24. The number of ether oxygens (including phenoxy) is 1. The molecular weight excluding hydrogens is 340 g/mol. The predicted molar refractivity (Wildman–Crippen MR) is 105 cm³/mol. The lowest BCUT2D eigenvalue weighted by Gasteiger charge is -2.30. The lowest BCUT2D eigenvalue weighted by atomic mass is 9.97. The van der Waals surface area contributed by atoms with Crippen molar-refractivity contribution in [1.82, 2.24) is 5.32 Å². The van der Waals surface area contributed by atoms with Gasteiger partial charge in [0.15, 0.2) is 0 Å². The van der Waals surface area contributed by atoms with Crippen LogP contribution in [0, 0.1) is 6.92 Å². The summed E-state index contributed by atoms with van der Waals surface area (Å²) in [5.74, 6) is -0.0430. The summed E-state index contributed by atoms with van der Waals surface area (Å²) in [4.78, 5) is 23.5. The molecule has 2 amide bonds. The summed E-state index contributed by atoms with van der Waals surface area (Å²) in [7, 11) is 0. The number of aryl methyl sites for hydroxylation is 1. The van der Waals surface area contributed by atoms with E-state index in [9.17, 15) is 9.59 Å². The van der Waals surface area contributed by atoms with Gasteiger partial charge in [-0.3, -0.25) is 9.59 Å². The number of carbonyl (C=O) groups excluding carboxylic acids is 2. The van der Waals surface area contributed by atoms with Gasteiger partial charge in [-0.25, -0.2) is 0 Å². The van der Waals surface area contributed by atoms with Gasteiger partial charge >= 0.3 is 0 Å². The van der Waals surface area contributed by atoms with Gasteiger partial charge in [0.05, 0.1) is 12.5 Å². The highest BCUT2D eigenvalue weighted by atomic mass is 16.5. The molecule has 3 rings (SSSR count). The van der Waals surface area contributed by atoms with E-state index in [1.165, 1.54) is 5.56 Å². The lowest BCUT2D eigenvalue weighted by Crippen LogP contribution is -2.38. The molecule has 0 spiro atoms. The molecule has 27 heavy (non-hydrogen) atoms. The van der Waals surface area contributed by atoms with Crippen molar-refractivity contribution in [1.29, 1.82) is 0 Å². The fourth-order valence-corrected chi connectivity index (χ4v) is 3.33. The number of nitrogens with one attached hydrogen (secondary N) is 2. The highest BCUT2D eigenvalue weighted by Gasteiger charge is 2.24. The van der Waals surface area contributed by atoms with E-state index in [2.05, 4.69) is 10.6 Å². The minimum atomic E-state index is -0.0359. The van der Waals surface area contributed by atoms with Crippen LogP contribution < -0.4 is 10.6 Å². The van der Waals surface area contributed by atoms with Crippen molar-refractivity contribution in [2.75, 3.05) is 11.9 Å². The van der Waals surface area contributed by atoms with E-state index in [-0.39, 0.29) is 24.0 Å². The average Bonchev–Trinajstić information content (AvgIpc) is 2.64. The molecule has 142 valence electrons. The van der Waals surface area contributed by atoms with Crippen LogP contribution in [0.4, 0.5) is 5.69 Å². The molecule has 0 bridgehead atoms. The molecule has 0 saturated carbocycles. The van der Waals surface area contributed by atoms with Crippen molar-refractivity contribution in [2.45, 2.75) is 45.3 Å². The quantitative estimate of drug-likeness (QED) is 0.851. The normalized spacial score (nSPS) is 19.3. The Morgan fingerprint density at radius 1 is 1.07 bits per heavy atom. The molecule has 2 aromatic rings. The van der Waals surface area contributed by atoms with Crippen molar-refractivity contribution in [3.8, 4) is 0 Å². The standard InChI is InChI=1S/C22H26N2O3/c1-15-3-5-17(6-4-15)13-22(26)24-19-9-7-18(8-10-19)21-14-20(11-12-27-21)23-16(2)25/h3-10,20-21H,11-14H2,1-2H3,(H,23,25)(H,24,26)/t20-,21+/m1/s1. The molecular formula is C22H26N2O3. The van der Waals surface area contributed by atoms with Crippen LogP contribution in [0.1, 0.15) is 42.6 Å². The first kappa shape index (κ1) is 19.1. The van der Waals surface area contributed by atoms with Crippen LogP contribution in [-0.2, 0) is 20.7 Å². The molecule has 2 atom stereocenters. The zero-order valence-corrected chi connectivity index (χ0v) is 15.8. The van der Waals surface area contributed by atoms with E-state index < -0.39 is 0 Å². The van der Waals surface area contributed by atoms with Gasteiger partial charge < -0.3 is 15.4 Å². The van der Waals surface area contributed by atoms with Gasteiger partial charge in [-0.05, 0) is 43.0 Å². The molecule has 2 aromatic carbocycles. The fourth-order valence-electron chi connectivity index (χ4n) is 3.33. The second-order valence-corrected chi connectivity index (χ2v) is 7.11. The van der Waals surface area contributed by atoms with E-state index in [0.717, 1.165) is 29.7 Å². The molecule has 0 aromatic heterocycles. The summed E-state index contributed by atoms with van der Waals surface area (Å²) in [6.45, 7) is 4.20. The van der Waals surface area contributed by atoms with Crippen LogP contribution in [0.3, 0.4) is 0 Å². The first-order chi connectivity index (χ1) is 13.0. The predicted octanol–water partition coefficient (Wildman–Crippen LogP) is 3.53. The highest BCUT2D eigenvalue weighted by Crippen LogP contribution is 2.29. The molecule has 1 heterocycles. The third kappa shape index (κ3) is 5.66. The van der Waals surface area contributed by atoms with Crippen molar-refractivity contribution in [3.63, 3.8) is 0 Å². The lowest BCUT2D eigenvalue weighted by molar-refractivity contribution is -0.120. The van der Waals surface area contributed by atoms with Crippen molar-refractivity contribution in [3.05, 3.63) is 65.2 Å². The molecule has 0 unspecified atom stereocenters. The fraction of sp³-hybridized carbons (Fsp3) is 0.364. The number of hydrogen-bond acceptors (Lipinski definition) is 3. The van der Waals surface area contributed by atoms with Crippen LogP contribution in [0.2, 0.25) is 0 Å². The first-order valence-corrected chi connectivity index (χ1v) is 9.33. The van der Waals surface area contributed by atoms with E-state index in [4.69, 9.17) is 4.74 Å². The number of hydrogen-bond donors (Lipinski definition) is 2. The third-order valence-electron chi connectivity index (χ3n) is 4.74. The smallest absolute Gasteiger partial charge is 0.228 e. The van der Waals surface area contributed by atoms with Crippen LogP contribution in [-0.4, -0.2) is 24.5 Å². The summed E-state index contributed by atoms with van der Waals surface area (Å²) in [6.07, 6.45) is 1.92. The van der Waals surface area contributed by atoms with E-state index in [0.29, 0.717) is 13.0 Å². The van der Waals surface area contributed by atoms with Gasteiger partial charge in [-0.15, -0.1) is 0 Å². The molecule has 0 radical (unpaired) electrons. The Balaban J connectivity index is 1.55. The van der Waals surface area contributed by atoms with Gasteiger partial charge in [0.2, 0.25) is 11.8 Å². The Morgan fingerprint density at radius 3 is 2.44 bits per heavy atom. The Bertz CT molecular complexity index is 784. The summed E-state index contributed by atoms with van der Waals surface area (Å²) in [6, 6.07) is 15.9. The summed E-state index contributed by atoms with van der Waals surface area (Å²) >= 11 is 0. The average molecular weight is 366 g/mol. The molecule has 5 nitrogen and oxygen atoms in total. The van der Waals surface area contributed by atoms with Crippen LogP contribution in [0.25, 0.3) is 0 Å². The molecule has 0 aliphatic carbocycles. The maximum Gasteiger partial charge on any atom is 0.228 e. The molecule has 1 fully saturated rings. The third-order valence-corrected chi connectivity index (χ3v) is 4.74. The number of benzene rings is 2. The van der Waals surface area contributed by atoms with Gasteiger partial charge in [-0.2, -0.15) is 0 Å². The summed E-state index contributed by atoms with van der Waals surface area (Å²) in [5, 5.41) is 5.90. The Hall–Kier alpha value is -2.66. The van der Waals surface area contributed by atoms with Crippen LogP contribution in [0.5, 0.6) is 0 Å². The Morgan fingerprint density at radius 2 is 1.78 bits per heavy atom. The SMILES string of the molecule is CC(=O)N[C@@H]1CCO[C@H](c2ccc(NC(=O)Cc3ccc(C)cc3)cc2)C1. The Labute approximate surface area is 160 Å². The second kappa shape index (κ2) is 8.82. The van der Waals surface area contributed by atoms with Gasteiger partial charge in [0.1, 0.15) is 0 Å². The summed E-state index contributed by atoms with van der Waals surface area (Å²) in [5.41, 5.74) is 4.00. The number of rotatable bonds is 5. The minimum absolute atomic E-state index is 0.00714. The monoisotopic (exact) mass is 366 g/mol. The molecule has 5 heteroatoms. The van der Waals surface area contributed by atoms with Gasteiger partial charge in [-0.1, -0.05) is 42.0 Å². The van der Waals surface area contributed by atoms with Crippen molar-refractivity contribution < 1.29 is 14.3 Å².